The molecule has 1 atom stereocenters. The number of amides is 2. The highest BCUT2D eigenvalue weighted by molar-refractivity contribution is 7.10. The summed E-state index contributed by atoms with van der Waals surface area (Å²) in [5, 5.41) is 2.06. The Morgan fingerprint density at radius 1 is 1.11 bits per heavy atom. The van der Waals surface area contributed by atoms with Crippen molar-refractivity contribution in [3.05, 3.63) is 87.4 Å². The molecule has 1 aliphatic rings. The minimum Gasteiger partial charge on any atom is -0.491 e. The first kappa shape index (κ1) is 25.9. The standard InChI is InChI=1S/C29H33FN2O3S/c1-20(2)12-15-31(29(34)22-6-8-23(30)9-7-22)18-28(33)32-16-13-27-25(14-17-36-27)26(32)19-35-24-10-4-21(3)5-11-24/h4-11,14,17,20,26H,12-13,15-16,18-19H2,1-3H3/t26-/m0/s1. The fourth-order valence-corrected chi connectivity index (χ4v) is 5.31. The van der Waals surface area contributed by atoms with Crippen molar-refractivity contribution >= 4 is 23.2 Å². The molecule has 0 bridgehead atoms. The summed E-state index contributed by atoms with van der Waals surface area (Å²) in [7, 11) is 0. The SMILES string of the molecule is Cc1ccc(OC[C@H]2c3ccsc3CCN2C(=O)CN(CCC(C)C)C(=O)c2ccc(F)cc2)cc1. The summed E-state index contributed by atoms with van der Waals surface area (Å²) < 4.78 is 19.5. The lowest BCUT2D eigenvalue weighted by Gasteiger charge is -2.37. The fourth-order valence-electron chi connectivity index (χ4n) is 4.38. The minimum absolute atomic E-state index is 0.0244. The molecule has 1 aromatic heterocycles. The molecule has 36 heavy (non-hydrogen) atoms. The molecule has 2 amide bonds. The summed E-state index contributed by atoms with van der Waals surface area (Å²) in [4.78, 5) is 31.7. The molecule has 7 heteroatoms. The van der Waals surface area contributed by atoms with E-state index in [1.54, 1.807) is 16.2 Å². The summed E-state index contributed by atoms with van der Waals surface area (Å²) in [6, 6.07) is 15.2. The minimum atomic E-state index is -0.396. The first-order chi connectivity index (χ1) is 17.3. The van der Waals surface area contributed by atoms with E-state index in [0.29, 0.717) is 31.2 Å². The Morgan fingerprint density at radius 2 is 1.83 bits per heavy atom. The van der Waals surface area contributed by atoms with Gasteiger partial charge in [-0.15, -0.1) is 11.3 Å². The van der Waals surface area contributed by atoms with Crippen molar-refractivity contribution in [3.8, 4) is 5.75 Å². The summed E-state index contributed by atoms with van der Waals surface area (Å²) in [6.45, 7) is 7.56. The van der Waals surface area contributed by atoms with Crippen molar-refractivity contribution < 1.29 is 18.7 Å². The van der Waals surface area contributed by atoms with Gasteiger partial charge >= 0.3 is 0 Å². The van der Waals surface area contributed by atoms with Crippen LogP contribution >= 0.6 is 11.3 Å². The van der Waals surface area contributed by atoms with Gasteiger partial charge in [0.05, 0.1) is 6.04 Å². The van der Waals surface area contributed by atoms with Crippen molar-refractivity contribution in [1.29, 1.82) is 0 Å². The Balaban J connectivity index is 1.52. The number of benzene rings is 2. The molecule has 4 rings (SSSR count). The van der Waals surface area contributed by atoms with Gasteiger partial charge in [-0.05, 0) is 79.1 Å². The number of aryl methyl sites for hydroxylation is 1. The molecule has 0 saturated carbocycles. The van der Waals surface area contributed by atoms with E-state index >= 15 is 0 Å². The lowest BCUT2D eigenvalue weighted by atomic mass is 10.00. The molecule has 3 aromatic rings. The van der Waals surface area contributed by atoms with Gasteiger partial charge in [-0.3, -0.25) is 9.59 Å². The van der Waals surface area contributed by atoms with Crippen LogP contribution in [0.1, 0.15) is 52.7 Å². The Kier molecular flexibility index (Phi) is 8.41. The van der Waals surface area contributed by atoms with Gasteiger partial charge in [0.25, 0.3) is 5.91 Å². The smallest absolute Gasteiger partial charge is 0.254 e. The number of hydrogen-bond donors (Lipinski definition) is 0. The second-order valence-corrected chi connectivity index (χ2v) is 10.7. The number of thiophene rings is 1. The van der Waals surface area contributed by atoms with Crippen LogP contribution in [0.2, 0.25) is 0 Å². The van der Waals surface area contributed by atoms with E-state index in [1.807, 2.05) is 36.1 Å². The van der Waals surface area contributed by atoms with Crippen molar-refractivity contribution in [1.82, 2.24) is 9.80 Å². The number of hydrogen-bond acceptors (Lipinski definition) is 4. The maximum absolute atomic E-state index is 13.7. The second-order valence-electron chi connectivity index (χ2n) is 9.69. The Labute approximate surface area is 216 Å². The van der Waals surface area contributed by atoms with Gasteiger partial charge in [0.2, 0.25) is 5.91 Å². The molecule has 0 saturated heterocycles. The molecule has 0 radical (unpaired) electrons. The summed E-state index contributed by atoms with van der Waals surface area (Å²) in [6.07, 6.45) is 1.56. The van der Waals surface area contributed by atoms with Gasteiger partial charge in [0.1, 0.15) is 24.7 Å². The van der Waals surface area contributed by atoms with Crippen molar-refractivity contribution in [2.24, 2.45) is 5.92 Å². The van der Waals surface area contributed by atoms with E-state index in [0.717, 1.165) is 29.7 Å². The number of rotatable bonds is 9. The zero-order chi connectivity index (χ0) is 25.7. The predicted octanol–water partition coefficient (Wildman–Crippen LogP) is 5.89. The third kappa shape index (κ3) is 6.32. The zero-order valence-electron chi connectivity index (χ0n) is 21.1. The number of fused-ring (bicyclic) bond motifs is 1. The quantitative estimate of drug-likeness (QED) is 0.362. The van der Waals surface area contributed by atoms with E-state index in [-0.39, 0.29) is 24.4 Å². The molecule has 2 aromatic carbocycles. The maximum Gasteiger partial charge on any atom is 0.254 e. The topological polar surface area (TPSA) is 49.9 Å². The van der Waals surface area contributed by atoms with Crippen LogP contribution in [0.25, 0.3) is 0 Å². The molecule has 0 fully saturated rings. The first-order valence-corrected chi connectivity index (χ1v) is 13.3. The van der Waals surface area contributed by atoms with Crippen LogP contribution in [-0.2, 0) is 11.2 Å². The predicted molar refractivity (Wildman–Crippen MR) is 141 cm³/mol. The van der Waals surface area contributed by atoms with Crippen molar-refractivity contribution in [2.45, 2.75) is 39.7 Å². The van der Waals surface area contributed by atoms with Gasteiger partial charge in [-0.25, -0.2) is 4.39 Å². The molecule has 0 N–H and O–H groups in total. The van der Waals surface area contributed by atoms with Gasteiger partial charge in [-0.1, -0.05) is 31.5 Å². The highest BCUT2D eigenvalue weighted by atomic mass is 32.1. The molecule has 190 valence electrons. The third-order valence-electron chi connectivity index (χ3n) is 6.52. The normalized spacial score (nSPS) is 15.0. The first-order valence-electron chi connectivity index (χ1n) is 12.4. The van der Waals surface area contributed by atoms with E-state index in [2.05, 4.69) is 25.3 Å². The van der Waals surface area contributed by atoms with Crippen LogP contribution in [0.15, 0.2) is 60.0 Å². The number of halogens is 1. The summed E-state index contributed by atoms with van der Waals surface area (Å²) >= 11 is 1.71. The lowest BCUT2D eigenvalue weighted by Crippen LogP contribution is -2.48. The number of nitrogens with zero attached hydrogens (tertiary/aromatic N) is 2. The van der Waals surface area contributed by atoms with E-state index in [1.165, 1.54) is 29.1 Å². The number of carbonyl (C=O) groups is 2. The third-order valence-corrected chi connectivity index (χ3v) is 7.52. The van der Waals surface area contributed by atoms with Gasteiger partial charge < -0.3 is 14.5 Å². The van der Waals surface area contributed by atoms with E-state index in [9.17, 15) is 14.0 Å². The van der Waals surface area contributed by atoms with E-state index < -0.39 is 5.82 Å². The fraction of sp³-hybridized carbons (Fsp3) is 0.379. The zero-order valence-corrected chi connectivity index (χ0v) is 21.9. The maximum atomic E-state index is 13.7. The highest BCUT2D eigenvalue weighted by Gasteiger charge is 2.33. The molecule has 0 spiro atoms. The summed E-state index contributed by atoms with van der Waals surface area (Å²) in [5.74, 6) is 0.379. The molecule has 1 aliphatic heterocycles. The van der Waals surface area contributed by atoms with Gasteiger partial charge in [0.15, 0.2) is 0 Å². The average molecular weight is 509 g/mol. The highest BCUT2D eigenvalue weighted by Crippen LogP contribution is 2.34. The second kappa shape index (κ2) is 11.7. The monoisotopic (exact) mass is 508 g/mol. The summed E-state index contributed by atoms with van der Waals surface area (Å²) in [5.41, 5.74) is 2.65. The van der Waals surface area contributed by atoms with Crippen LogP contribution in [0.4, 0.5) is 4.39 Å². The Hall–Kier alpha value is -3.19. The largest absolute Gasteiger partial charge is 0.491 e. The van der Waals surface area contributed by atoms with Crippen LogP contribution in [0.3, 0.4) is 0 Å². The Bertz CT molecular complexity index is 1170. The van der Waals surface area contributed by atoms with Crippen LogP contribution < -0.4 is 4.74 Å². The lowest BCUT2D eigenvalue weighted by molar-refractivity contribution is -0.135. The van der Waals surface area contributed by atoms with E-state index in [4.69, 9.17) is 4.74 Å². The van der Waals surface area contributed by atoms with Crippen LogP contribution in [0.5, 0.6) is 5.75 Å². The van der Waals surface area contributed by atoms with Crippen LogP contribution in [0, 0.1) is 18.7 Å². The van der Waals surface area contributed by atoms with Gasteiger partial charge in [0, 0.05) is 23.5 Å². The molecule has 5 nitrogen and oxygen atoms in total. The molecule has 0 aliphatic carbocycles. The number of ether oxygens (including phenoxy) is 1. The molecule has 2 heterocycles. The molecule has 0 unspecified atom stereocenters. The molecular formula is C29H33FN2O3S. The van der Waals surface area contributed by atoms with Gasteiger partial charge in [-0.2, -0.15) is 0 Å². The molecular weight excluding hydrogens is 475 g/mol. The number of carbonyl (C=O) groups excluding carboxylic acids is 2. The van der Waals surface area contributed by atoms with Crippen LogP contribution in [-0.4, -0.2) is 47.9 Å². The van der Waals surface area contributed by atoms with Crippen molar-refractivity contribution in [3.63, 3.8) is 0 Å². The van der Waals surface area contributed by atoms with Crippen molar-refractivity contribution in [2.75, 3.05) is 26.2 Å². The Morgan fingerprint density at radius 3 is 2.53 bits per heavy atom. The average Bonchev–Trinajstić information content (AvgIpc) is 3.35.